The molecule has 11 nitrogen and oxygen atoms in total. The van der Waals surface area contributed by atoms with Crippen LogP contribution in [0.3, 0.4) is 0 Å². The van der Waals surface area contributed by atoms with E-state index < -0.39 is 4.92 Å². The Bertz CT molecular complexity index is 1320. The smallest absolute Gasteiger partial charge is 0.287 e. The fraction of sp³-hybridized carbons (Fsp3) is 0.217. The van der Waals surface area contributed by atoms with Gasteiger partial charge in [0.2, 0.25) is 5.95 Å². The van der Waals surface area contributed by atoms with Gasteiger partial charge < -0.3 is 19.5 Å². The maximum absolute atomic E-state index is 10.8. The van der Waals surface area contributed by atoms with Crippen LogP contribution in [0, 0.1) is 10.1 Å². The Morgan fingerprint density at radius 1 is 1.17 bits per heavy atom. The molecule has 0 radical (unpaired) electrons. The number of anilines is 2. The Labute approximate surface area is 216 Å². The quantitative estimate of drug-likeness (QED) is 0.221. The molecule has 0 fully saturated rings. The third-order valence-electron chi connectivity index (χ3n) is 5.22. The number of nitrogens with one attached hydrogen (secondary N) is 1. The normalized spacial score (nSPS) is 10.9. The first-order valence-corrected chi connectivity index (χ1v) is 11.6. The summed E-state index contributed by atoms with van der Waals surface area (Å²) in [5.41, 5.74) is 1.96. The highest BCUT2D eigenvalue weighted by Crippen LogP contribution is 2.33. The third-order valence-corrected chi connectivity index (χ3v) is 5.77. The second-order valence-electron chi connectivity index (χ2n) is 7.56. The van der Waals surface area contributed by atoms with Crippen molar-refractivity contribution in [1.29, 1.82) is 0 Å². The predicted molar refractivity (Wildman–Crippen MR) is 138 cm³/mol. The molecule has 4 rings (SSSR count). The first kappa shape index (κ1) is 25.3. The summed E-state index contributed by atoms with van der Waals surface area (Å²) in [6.07, 6.45) is 8.06. The van der Waals surface area contributed by atoms with Crippen LogP contribution in [-0.4, -0.2) is 62.8 Å². The Kier molecular flexibility index (Phi) is 8.26. The largest absolute Gasteiger partial charge is 0.383 e. The average Bonchev–Trinajstić information content (AvgIpc) is 3.41. The molecule has 0 saturated carbocycles. The van der Waals surface area contributed by atoms with Gasteiger partial charge in [-0.1, -0.05) is 23.2 Å². The molecular weight excluding hydrogens is 507 g/mol. The Balaban J connectivity index is 1.61. The van der Waals surface area contributed by atoms with Gasteiger partial charge >= 0.3 is 0 Å². The highest BCUT2D eigenvalue weighted by molar-refractivity contribution is 6.36. The number of pyridine rings is 1. The summed E-state index contributed by atoms with van der Waals surface area (Å²) in [4.78, 5) is 30.0. The lowest BCUT2D eigenvalue weighted by atomic mass is 10.1. The highest BCUT2D eigenvalue weighted by atomic mass is 35.5. The molecule has 0 unspecified atom stereocenters. The van der Waals surface area contributed by atoms with Crippen LogP contribution in [0.15, 0.2) is 61.4 Å². The summed E-state index contributed by atoms with van der Waals surface area (Å²) < 4.78 is 7.09. The first-order chi connectivity index (χ1) is 17.5. The standard InChI is InChI=1S/C23H22Cl2N8O3/c1-36-11-10-31(9-7-27-21-5-3-17(13-28-21)33(34)35)23-29-14-20(32-8-6-26-15-32)22(30-23)18-4-2-16(24)12-19(18)25/h2-6,8,12-15H,7,9-11H2,1H3,(H,27,28). The number of nitro groups is 1. The molecule has 0 bridgehead atoms. The van der Waals surface area contributed by atoms with Crippen molar-refractivity contribution in [2.24, 2.45) is 0 Å². The van der Waals surface area contributed by atoms with E-state index in [2.05, 4.69) is 20.3 Å². The van der Waals surface area contributed by atoms with E-state index in [1.54, 1.807) is 50.2 Å². The van der Waals surface area contributed by atoms with Crippen molar-refractivity contribution in [2.75, 3.05) is 43.6 Å². The molecule has 3 heterocycles. The maximum Gasteiger partial charge on any atom is 0.287 e. The predicted octanol–water partition coefficient (Wildman–Crippen LogP) is 4.50. The van der Waals surface area contributed by atoms with Crippen LogP contribution in [0.25, 0.3) is 16.9 Å². The molecule has 0 saturated heterocycles. The van der Waals surface area contributed by atoms with Gasteiger partial charge in [0.05, 0.1) is 34.8 Å². The lowest BCUT2D eigenvalue weighted by molar-refractivity contribution is -0.385. The zero-order valence-electron chi connectivity index (χ0n) is 19.2. The van der Waals surface area contributed by atoms with Crippen molar-refractivity contribution in [3.63, 3.8) is 0 Å². The van der Waals surface area contributed by atoms with Crippen molar-refractivity contribution in [3.05, 3.63) is 81.6 Å². The van der Waals surface area contributed by atoms with Crippen molar-refractivity contribution >= 4 is 40.7 Å². The molecule has 186 valence electrons. The van der Waals surface area contributed by atoms with Gasteiger partial charge in [-0.15, -0.1) is 0 Å². The minimum absolute atomic E-state index is 0.0676. The van der Waals surface area contributed by atoms with Crippen molar-refractivity contribution in [2.45, 2.75) is 0 Å². The molecule has 13 heteroatoms. The van der Waals surface area contributed by atoms with E-state index in [1.165, 1.54) is 12.3 Å². The van der Waals surface area contributed by atoms with Crippen LogP contribution in [0.5, 0.6) is 0 Å². The van der Waals surface area contributed by atoms with Gasteiger partial charge in [0.1, 0.15) is 17.7 Å². The van der Waals surface area contributed by atoms with E-state index in [4.69, 9.17) is 32.9 Å². The van der Waals surface area contributed by atoms with Gasteiger partial charge in [0, 0.05) is 55.8 Å². The van der Waals surface area contributed by atoms with Gasteiger partial charge in [0.15, 0.2) is 0 Å². The van der Waals surface area contributed by atoms with E-state index in [9.17, 15) is 10.1 Å². The zero-order valence-corrected chi connectivity index (χ0v) is 20.7. The minimum atomic E-state index is -0.488. The van der Waals surface area contributed by atoms with Crippen LogP contribution < -0.4 is 10.2 Å². The zero-order chi connectivity index (χ0) is 25.5. The summed E-state index contributed by atoms with van der Waals surface area (Å²) in [5.74, 6) is 1.01. The summed E-state index contributed by atoms with van der Waals surface area (Å²) >= 11 is 12.6. The van der Waals surface area contributed by atoms with Crippen LogP contribution in [0.2, 0.25) is 10.0 Å². The van der Waals surface area contributed by atoms with Gasteiger partial charge in [-0.05, 0) is 24.3 Å². The Morgan fingerprint density at radius 3 is 2.69 bits per heavy atom. The van der Waals surface area contributed by atoms with Gasteiger partial charge in [-0.3, -0.25) is 10.1 Å². The van der Waals surface area contributed by atoms with Crippen LogP contribution >= 0.6 is 23.2 Å². The number of ether oxygens (including phenoxy) is 1. The molecule has 0 amide bonds. The number of benzene rings is 1. The van der Waals surface area contributed by atoms with Crippen LogP contribution in [0.1, 0.15) is 0 Å². The summed E-state index contributed by atoms with van der Waals surface area (Å²) in [7, 11) is 1.62. The van der Waals surface area contributed by atoms with E-state index in [-0.39, 0.29) is 5.69 Å². The number of hydrogen-bond acceptors (Lipinski definition) is 9. The molecular formula is C23H22Cl2N8O3. The second kappa shape index (κ2) is 11.8. The summed E-state index contributed by atoms with van der Waals surface area (Å²) in [5, 5.41) is 15.0. The fourth-order valence-corrected chi connectivity index (χ4v) is 3.92. The summed E-state index contributed by atoms with van der Waals surface area (Å²) in [6.45, 7) is 1.99. The molecule has 4 aromatic rings. The average molecular weight is 529 g/mol. The molecule has 0 spiro atoms. The molecule has 0 atom stereocenters. The number of imidazole rings is 1. The number of methoxy groups -OCH3 is 1. The van der Waals surface area contributed by atoms with Gasteiger partial charge in [-0.25, -0.2) is 19.9 Å². The monoisotopic (exact) mass is 528 g/mol. The Morgan fingerprint density at radius 2 is 2.03 bits per heavy atom. The maximum atomic E-state index is 10.8. The van der Waals surface area contributed by atoms with E-state index in [0.717, 1.165) is 0 Å². The van der Waals surface area contributed by atoms with Gasteiger partial charge in [-0.2, -0.15) is 0 Å². The lowest BCUT2D eigenvalue weighted by Crippen LogP contribution is -2.33. The van der Waals surface area contributed by atoms with Crippen molar-refractivity contribution < 1.29 is 9.66 Å². The Hall–Kier alpha value is -3.80. The number of nitrogens with zero attached hydrogens (tertiary/aromatic N) is 7. The lowest BCUT2D eigenvalue weighted by Gasteiger charge is -2.24. The number of hydrogen-bond donors (Lipinski definition) is 1. The number of halogens is 2. The van der Waals surface area contributed by atoms with Gasteiger partial charge in [0.25, 0.3) is 5.69 Å². The van der Waals surface area contributed by atoms with E-state index >= 15 is 0 Å². The first-order valence-electron chi connectivity index (χ1n) is 10.8. The van der Waals surface area contributed by atoms with Crippen molar-refractivity contribution in [1.82, 2.24) is 24.5 Å². The van der Waals surface area contributed by atoms with E-state index in [0.29, 0.717) is 65.0 Å². The number of aromatic nitrogens is 5. The van der Waals surface area contributed by atoms with Crippen molar-refractivity contribution in [3.8, 4) is 16.9 Å². The molecule has 3 aromatic heterocycles. The molecule has 1 aromatic carbocycles. The molecule has 0 aliphatic heterocycles. The van der Waals surface area contributed by atoms with Crippen LogP contribution in [0.4, 0.5) is 17.5 Å². The molecule has 0 aliphatic carbocycles. The SMILES string of the molecule is COCCN(CCNc1ccc([N+](=O)[O-])cn1)c1ncc(-n2ccnc2)c(-c2ccc(Cl)cc2Cl)n1. The molecule has 36 heavy (non-hydrogen) atoms. The topological polar surface area (TPSA) is 124 Å². The van der Waals surface area contributed by atoms with Crippen LogP contribution in [-0.2, 0) is 4.74 Å². The summed E-state index contributed by atoms with van der Waals surface area (Å²) in [6, 6.07) is 8.21. The fourth-order valence-electron chi connectivity index (χ4n) is 3.42. The highest BCUT2D eigenvalue weighted by Gasteiger charge is 2.18. The van der Waals surface area contributed by atoms with E-state index in [1.807, 2.05) is 15.5 Å². The molecule has 1 N–H and O–H groups in total. The second-order valence-corrected chi connectivity index (χ2v) is 8.41. The minimum Gasteiger partial charge on any atom is -0.383 e. The third kappa shape index (κ3) is 6.06. The molecule has 0 aliphatic rings. The number of rotatable bonds is 11.